The van der Waals surface area contributed by atoms with Crippen LogP contribution in [0.25, 0.3) is 22.4 Å². The van der Waals surface area contributed by atoms with E-state index in [2.05, 4.69) is 21.6 Å². The molecular weight excluding hydrogens is 460 g/mol. The summed E-state index contributed by atoms with van der Waals surface area (Å²) in [6.45, 7) is 3.97. The average molecular weight is 481 g/mol. The minimum Gasteiger partial charge on any atom is -0.325 e. The summed E-state index contributed by atoms with van der Waals surface area (Å²) in [6.07, 6.45) is 0. The molecule has 5 rings (SSSR count). The fourth-order valence-corrected chi connectivity index (χ4v) is 4.70. The first-order valence-corrected chi connectivity index (χ1v) is 11.8. The van der Waals surface area contributed by atoms with Crippen LogP contribution < -0.4 is 10.9 Å². The van der Waals surface area contributed by atoms with E-state index in [1.165, 1.54) is 11.8 Å². The fourth-order valence-electron chi connectivity index (χ4n) is 3.96. The van der Waals surface area contributed by atoms with Crippen LogP contribution in [-0.4, -0.2) is 30.8 Å². The number of rotatable bonds is 5. The molecule has 1 amide bonds. The van der Waals surface area contributed by atoms with Crippen molar-refractivity contribution in [3.8, 4) is 11.8 Å². The molecule has 172 valence electrons. The number of anilines is 1. The maximum atomic E-state index is 13.5. The molecule has 0 radical (unpaired) electrons. The minimum atomic E-state index is -0.242. The minimum absolute atomic E-state index is 0.0779. The highest BCUT2D eigenvalue weighted by molar-refractivity contribution is 7.99. The molecule has 2 aromatic heterocycles. The van der Waals surface area contributed by atoms with Gasteiger partial charge in [0.05, 0.1) is 34.0 Å². The van der Waals surface area contributed by atoms with Gasteiger partial charge in [-0.15, -0.1) is 10.2 Å². The van der Waals surface area contributed by atoms with Crippen LogP contribution >= 0.6 is 11.8 Å². The fraction of sp³-hybridized carbons (Fsp3) is 0.115. The summed E-state index contributed by atoms with van der Waals surface area (Å²) in [5.41, 5.74) is 4.29. The lowest BCUT2D eigenvalue weighted by molar-refractivity contribution is -0.113. The number of nitrogens with one attached hydrogen (secondary N) is 1. The first kappa shape index (κ1) is 22.4. The molecule has 35 heavy (non-hydrogen) atoms. The van der Waals surface area contributed by atoms with Gasteiger partial charge < -0.3 is 5.32 Å². The summed E-state index contributed by atoms with van der Waals surface area (Å²) in [5, 5.41) is 21.6. The lowest BCUT2D eigenvalue weighted by atomic mass is 10.1. The van der Waals surface area contributed by atoms with Crippen LogP contribution in [0.3, 0.4) is 0 Å². The first-order chi connectivity index (χ1) is 17.0. The third-order valence-corrected chi connectivity index (χ3v) is 6.75. The summed E-state index contributed by atoms with van der Waals surface area (Å²) in [6, 6.07) is 21.9. The third-order valence-electron chi connectivity index (χ3n) is 5.82. The Labute approximate surface area is 204 Å². The maximum Gasteiger partial charge on any atom is 0.267 e. The van der Waals surface area contributed by atoms with Crippen LogP contribution in [-0.2, 0) is 4.79 Å². The van der Waals surface area contributed by atoms with Crippen molar-refractivity contribution >= 4 is 40.0 Å². The van der Waals surface area contributed by atoms with E-state index in [0.29, 0.717) is 33.1 Å². The van der Waals surface area contributed by atoms with Crippen LogP contribution in [0.2, 0.25) is 0 Å². The topological polar surface area (TPSA) is 105 Å². The van der Waals surface area contributed by atoms with Crippen molar-refractivity contribution < 1.29 is 4.79 Å². The van der Waals surface area contributed by atoms with E-state index in [0.717, 1.165) is 16.8 Å². The van der Waals surface area contributed by atoms with Crippen LogP contribution in [0.1, 0.15) is 16.7 Å². The van der Waals surface area contributed by atoms with E-state index in [9.17, 15) is 9.59 Å². The number of hydrogen-bond donors (Lipinski definition) is 1. The molecule has 8 nitrogen and oxygen atoms in total. The number of hydrogen-bond acceptors (Lipinski definition) is 6. The van der Waals surface area contributed by atoms with E-state index in [1.807, 2.05) is 54.6 Å². The second-order valence-electron chi connectivity index (χ2n) is 8.02. The molecule has 0 saturated carbocycles. The summed E-state index contributed by atoms with van der Waals surface area (Å²) < 4.78 is 3.39. The molecule has 0 bridgehead atoms. The number of para-hydroxylation sites is 1. The summed E-state index contributed by atoms with van der Waals surface area (Å²) >= 11 is 1.22. The van der Waals surface area contributed by atoms with Gasteiger partial charge >= 0.3 is 0 Å². The Morgan fingerprint density at radius 1 is 1.06 bits per heavy atom. The average Bonchev–Trinajstić information content (AvgIpc) is 3.29. The van der Waals surface area contributed by atoms with Crippen LogP contribution in [0, 0.1) is 25.2 Å². The molecule has 9 heteroatoms. The SMILES string of the molecule is Cc1cccc(-n2c(=O)c3ccccc3n3c(SCC(=O)Nc4cccc(C#N)c4)nnc23)c1C. The molecule has 0 atom stereocenters. The van der Waals surface area contributed by atoms with E-state index >= 15 is 0 Å². The number of aromatic nitrogens is 4. The molecular formula is C26H20N6O2S. The number of nitriles is 1. The van der Waals surface area contributed by atoms with Crippen molar-refractivity contribution in [2.45, 2.75) is 19.0 Å². The number of aryl methyl sites for hydroxylation is 1. The quantitative estimate of drug-likeness (QED) is 0.377. The second-order valence-corrected chi connectivity index (χ2v) is 8.97. The number of carbonyl (C=O) groups excluding carboxylic acids is 1. The molecule has 0 fully saturated rings. The van der Waals surface area contributed by atoms with Gasteiger partial charge in [-0.05, 0) is 61.4 Å². The molecule has 0 aliphatic rings. The Morgan fingerprint density at radius 3 is 2.69 bits per heavy atom. The van der Waals surface area contributed by atoms with Gasteiger partial charge in [-0.2, -0.15) is 5.26 Å². The number of fused-ring (bicyclic) bond motifs is 3. The number of carbonyl (C=O) groups is 1. The number of nitrogens with zero attached hydrogens (tertiary/aromatic N) is 5. The Kier molecular flexibility index (Phi) is 5.81. The zero-order chi connectivity index (χ0) is 24.5. The van der Waals surface area contributed by atoms with Crippen molar-refractivity contribution in [1.29, 1.82) is 5.26 Å². The van der Waals surface area contributed by atoms with Gasteiger partial charge in [0.25, 0.3) is 5.56 Å². The van der Waals surface area contributed by atoms with Gasteiger partial charge in [0.15, 0.2) is 5.16 Å². The van der Waals surface area contributed by atoms with Crippen molar-refractivity contribution in [3.05, 3.63) is 93.8 Å². The largest absolute Gasteiger partial charge is 0.325 e. The van der Waals surface area contributed by atoms with Gasteiger partial charge in [0.1, 0.15) is 0 Å². The monoisotopic (exact) mass is 480 g/mol. The van der Waals surface area contributed by atoms with Gasteiger partial charge in [0.2, 0.25) is 11.7 Å². The van der Waals surface area contributed by atoms with E-state index in [-0.39, 0.29) is 17.2 Å². The molecule has 0 spiro atoms. The molecule has 0 saturated heterocycles. The van der Waals surface area contributed by atoms with Crippen molar-refractivity contribution in [2.24, 2.45) is 0 Å². The Hall–Kier alpha value is -4.42. The number of benzene rings is 3. The highest BCUT2D eigenvalue weighted by Crippen LogP contribution is 2.25. The molecule has 0 unspecified atom stereocenters. The van der Waals surface area contributed by atoms with Gasteiger partial charge in [-0.3, -0.25) is 14.0 Å². The molecule has 0 aliphatic carbocycles. The summed E-state index contributed by atoms with van der Waals surface area (Å²) in [5.74, 6) is 0.218. The zero-order valence-corrected chi connectivity index (χ0v) is 19.8. The standard InChI is InChI=1S/C26H20N6O2S/c1-16-7-5-12-21(17(16)2)31-24(34)20-10-3-4-11-22(20)32-25(31)29-30-26(32)35-15-23(33)28-19-9-6-8-18(13-19)14-27/h3-13H,15H2,1-2H3,(H,28,33). The Bertz CT molecular complexity index is 1710. The van der Waals surface area contributed by atoms with Crippen molar-refractivity contribution in [2.75, 3.05) is 11.1 Å². The molecule has 0 aliphatic heterocycles. The highest BCUT2D eigenvalue weighted by atomic mass is 32.2. The van der Waals surface area contributed by atoms with E-state index in [4.69, 9.17) is 5.26 Å². The lowest BCUT2D eigenvalue weighted by Crippen LogP contribution is -2.22. The lowest BCUT2D eigenvalue weighted by Gasteiger charge is -2.14. The number of thioether (sulfide) groups is 1. The van der Waals surface area contributed by atoms with Crippen LogP contribution in [0.4, 0.5) is 5.69 Å². The highest BCUT2D eigenvalue weighted by Gasteiger charge is 2.19. The van der Waals surface area contributed by atoms with Crippen molar-refractivity contribution in [1.82, 2.24) is 19.2 Å². The first-order valence-electron chi connectivity index (χ1n) is 10.9. The molecule has 1 N–H and O–H groups in total. The molecule has 2 heterocycles. The van der Waals surface area contributed by atoms with E-state index in [1.54, 1.807) is 34.9 Å². The normalized spacial score (nSPS) is 11.0. The summed E-state index contributed by atoms with van der Waals surface area (Å²) in [7, 11) is 0. The molecule has 3 aromatic carbocycles. The molecule has 5 aromatic rings. The predicted molar refractivity (Wildman–Crippen MR) is 136 cm³/mol. The predicted octanol–water partition coefficient (Wildman–Crippen LogP) is 4.25. The van der Waals surface area contributed by atoms with Crippen LogP contribution in [0.5, 0.6) is 0 Å². The second kappa shape index (κ2) is 9.08. The Morgan fingerprint density at radius 2 is 1.86 bits per heavy atom. The zero-order valence-electron chi connectivity index (χ0n) is 19.0. The van der Waals surface area contributed by atoms with E-state index < -0.39 is 0 Å². The van der Waals surface area contributed by atoms with Gasteiger partial charge in [0, 0.05) is 5.69 Å². The smallest absolute Gasteiger partial charge is 0.267 e. The third kappa shape index (κ3) is 4.05. The van der Waals surface area contributed by atoms with Crippen molar-refractivity contribution in [3.63, 3.8) is 0 Å². The maximum absolute atomic E-state index is 13.5. The van der Waals surface area contributed by atoms with Gasteiger partial charge in [-0.1, -0.05) is 42.1 Å². The van der Waals surface area contributed by atoms with Crippen LogP contribution in [0.15, 0.2) is 76.7 Å². The number of amides is 1. The van der Waals surface area contributed by atoms with Gasteiger partial charge in [-0.25, -0.2) is 4.57 Å². The Balaban J connectivity index is 1.56. The summed E-state index contributed by atoms with van der Waals surface area (Å²) in [4.78, 5) is 26.1.